The standard InChI is InChI=1S/C16H11BrClFO/c17-14(11-6-8-13(18)9-7-11)10-15(19)16(20)12-4-2-1-3-5-12/h1-10,15H. The third kappa shape index (κ3) is 3.78. The Morgan fingerprint density at radius 2 is 1.65 bits per heavy atom. The Bertz CT molecular complexity index is 623. The summed E-state index contributed by atoms with van der Waals surface area (Å²) in [7, 11) is 0. The summed E-state index contributed by atoms with van der Waals surface area (Å²) >= 11 is 9.07. The van der Waals surface area contributed by atoms with Gasteiger partial charge in [-0.1, -0.05) is 70.0 Å². The van der Waals surface area contributed by atoms with Gasteiger partial charge in [-0.25, -0.2) is 4.39 Å². The molecule has 1 nitrogen and oxygen atoms in total. The van der Waals surface area contributed by atoms with Crippen LogP contribution in [0.25, 0.3) is 4.48 Å². The molecule has 0 amide bonds. The second-order valence-corrected chi connectivity index (χ2v) is 5.44. The van der Waals surface area contributed by atoms with E-state index in [1.54, 1.807) is 54.6 Å². The van der Waals surface area contributed by atoms with E-state index < -0.39 is 12.0 Å². The van der Waals surface area contributed by atoms with Gasteiger partial charge in [0.05, 0.1) is 0 Å². The van der Waals surface area contributed by atoms with Crippen molar-refractivity contribution in [3.63, 3.8) is 0 Å². The van der Waals surface area contributed by atoms with Crippen molar-refractivity contribution in [1.29, 1.82) is 0 Å². The second-order valence-electron chi connectivity index (χ2n) is 4.15. The number of alkyl halides is 1. The van der Waals surface area contributed by atoms with Gasteiger partial charge in [0, 0.05) is 15.1 Å². The lowest BCUT2D eigenvalue weighted by Gasteiger charge is -2.05. The number of hydrogen-bond donors (Lipinski definition) is 0. The molecular formula is C16H11BrClFO. The van der Waals surface area contributed by atoms with Crippen LogP contribution < -0.4 is 0 Å². The smallest absolute Gasteiger partial charge is 0.200 e. The fourth-order valence-corrected chi connectivity index (χ4v) is 2.29. The lowest BCUT2D eigenvalue weighted by Crippen LogP contribution is -2.13. The molecule has 0 aromatic heterocycles. The van der Waals surface area contributed by atoms with Crippen LogP contribution in [0.15, 0.2) is 60.7 Å². The van der Waals surface area contributed by atoms with E-state index in [0.717, 1.165) is 5.56 Å². The van der Waals surface area contributed by atoms with Crippen molar-refractivity contribution >= 4 is 37.8 Å². The average molecular weight is 354 g/mol. The van der Waals surface area contributed by atoms with Crippen molar-refractivity contribution in [2.45, 2.75) is 6.17 Å². The highest BCUT2D eigenvalue weighted by Crippen LogP contribution is 2.24. The monoisotopic (exact) mass is 352 g/mol. The van der Waals surface area contributed by atoms with Gasteiger partial charge in [0.1, 0.15) is 0 Å². The van der Waals surface area contributed by atoms with Crippen molar-refractivity contribution in [2.75, 3.05) is 0 Å². The van der Waals surface area contributed by atoms with Crippen LogP contribution in [-0.4, -0.2) is 12.0 Å². The summed E-state index contributed by atoms with van der Waals surface area (Å²) in [5, 5.41) is 0.603. The van der Waals surface area contributed by atoms with Crippen molar-refractivity contribution in [3.05, 3.63) is 76.8 Å². The van der Waals surface area contributed by atoms with Gasteiger partial charge in [0.2, 0.25) is 5.78 Å². The molecule has 0 heterocycles. The molecule has 1 atom stereocenters. The van der Waals surface area contributed by atoms with E-state index in [0.29, 0.717) is 15.1 Å². The molecule has 0 saturated heterocycles. The van der Waals surface area contributed by atoms with Gasteiger partial charge >= 0.3 is 0 Å². The summed E-state index contributed by atoms with van der Waals surface area (Å²) in [6, 6.07) is 15.3. The zero-order valence-electron chi connectivity index (χ0n) is 10.4. The van der Waals surface area contributed by atoms with E-state index in [4.69, 9.17) is 11.6 Å². The Morgan fingerprint density at radius 1 is 1.05 bits per heavy atom. The molecule has 0 N–H and O–H groups in total. The van der Waals surface area contributed by atoms with Crippen molar-refractivity contribution < 1.29 is 9.18 Å². The third-order valence-corrected chi connectivity index (χ3v) is 3.70. The number of benzene rings is 2. The molecule has 0 aliphatic heterocycles. The van der Waals surface area contributed by atoms with Gasteiger partial charge in [-0.2, -0.15) is 0 Å². The Morgan fingerprint density at radius 3 is 2.25 bits per heavy atom. The molecule has 20 heavy (non-hydrogen) atoms. The molecule has 0 fully saturated rings. The Hall–Kier alpha value is -1.45. The number of carbonyl (C=O) groups excluding carboxylic acids is 1. The quantitative estimate of drug-likeness (QED) is 0.682. The van der Waals surface area contributed by atoms with Gasteiger partial charge in [-0.15, -0.1) is 0 Å². The summed E-state index contributed by atoms with van der Waals surface area (Å²) in [4.78, 5) is 11.9. The molecule has 1 unspecified atom stereocenters. The second kappa shape index (κ2) is 6.82. The largest absolute Gasteiger partial charge is 0.290 e. The molecule has 0 bridgehead atoms. The van der Waals surface area contributed by atoms with E-state index in [-0.39, 0.29) is 0 Å². The highest BCUT2D eigenvalue weighted by molar-refractivity contribution is 9.15. The maximum Gasteiger partial charge on any atom is 0.200 e. The minimum Gasteiger partial charge on any atom is -0.290 e. The first kappa shape index (κ1) is 14.9. The molecule has 102 valence electrons. The molecule has 4 heteroatoms. The Balaban J connectivity index is 2.17. The molecular weight excluding hydrogens is 343 g/mol. The Labute approximate surface area is 130 Å². The summed E-state index contributed by atoms with van der Waals surface area (Å²) in [5.41, 5.74) is 1.12. The van der Waals surface area contributed by atoms with Crippen molar-refractivity contribution in [1.82, 2.24) is 0 Å². The fourth-order valence-electron chi connectivity index (χ4n) is 1.67. The number of rotatable bonds is 4. The summed E-state index contributed by atoms with van der Waals surface area (Å²) < 4.78 is 14.5. The molecule has 0 aliphatic rings. The number of hydrogen-bond acceptors (Lipinski definition) is 1. The van der Waals surface area contributed by atoms with Crippen molar-refractivity contribution in [2.24, 2.45) is 0 Å². The maximum absolute atomic E-state index is 14.0. The van der Waals surface area contributed by atoms with Crippen LogP contribution in [0, 0.1) is 0 Å². The van der Waals surface area contributed by atoms with Crippen LogP contribution in [0.5, 0.6) is 0 Å². The fraction of sp³-hybridized carbons (Fsp3) is 0.0625. The molecule has 2 rings (SSSR count). The molecule has 2 aromatic carbocycles. The molecule has 0 aliphatic carbocycles. The first-order valence-electron chi connectivity index (χ1n) is 5.94. The van der Waals surface area contributed by atoms with Gasteiger partial charge in [-0.3, -0.25) is 4.79 Å². The molecule has 0 radical (unpaired) electrons. The number of Topliss-reactive ketones (excluding diaryl/α,β-unsaturated/α-hetero) is 1. The van der Waals surface area contributed by atoms with Crippen LogP contribution in [0.3, 0.4) is 0 Å². The normalized spacial score (nSPS) is 13.1. The van der Waals surface area contributed by atoms with Crippen LogP contribution in [0.1, 0.15) is 15.9 Å². The van der Waals surface area contributed by atoms with Crippen LogP contribution >= 0.6 is 27.5 Å². The van der Waals surface area contributed by atoms with Gasteiger partial charge in [-0.05, 0) is 23.8 Å². The van der Waals surface area contributed by atoms with Crippen LogP contribution in [-0.2, 0) is 0 Å². The van der Waals surface area contributed by atoms with E-state index in [1.807, 2.05) is 0 Å². The zero-order chi connectivity index (χ0) is 14.5. The maximum atomic E-state index is 14.0. The van der Waals surface area contributed by atoms with E-state index in [1.165, 1.54) is 6.08 Å². The third-order valence-electron chi connectivity index (χ3n) is 2.72. The zero-order valence-corrected chi connectivity index (χ0v) is 12.7. The lowest BCUT2D eigenvalue weighted by molar-refractivity contribution is 0.0914. The van der Waals surface area contributed by atoms with E-state index in [2.05, 4.69) is 15.9 Å². The first-order valence-corrected chi connectivity index (χ1v) is 7.11. The summed E-state index contributed by atoms with van der Waals surface area (Å²) in [6.07, 6.45) is -0.444. The summed E-state index contributed by atoms with van der Waals surface area (Å²) in [6.45, 7) is 0. The Kier molecular flexibility index (Phi) is 5.10. The number of ketones is 1. The molecule has 0 saturated carbocycles. The minimum absolute atomic E-state index is 0.354. The van der Waals surface area contributed by atoms with Crippen molar-refractivity contribution in [3.8, 4) is 0 Å². The van der Waals surface area contributed by atoms with E-state index in [9.17, 15) is 9.18 Å². The van der Waals surface area contributed by atoms with Gasteiger partial charge in [0.15, 0.2) is 6.17 Å². The first-order chi connectivity index (χ1) is 9.58. The highest BCUT2D eigenvalue weighted by atomic mass is 79.9. The van der Waals surface area contributed by atoms with E-state index >= 15 is 0 Å². The average Bonchev–Trinajstić information content (AvgIpc) is 2.48. The predicted molar refractivity (Wildman–Crippen MR) is 84.0 cm³/mol. The number of carbonyl (C=O) groups is 1. The van der Waals surface area contributed by atoms with Gasteiger partial charge < -0.3 is 0 Å². The van der Waals surface area contributed by atoms with Gasteiger partial charge in [0.25, 0.3) is 0 Å². The highest BCUT2D eigenvalue weighted by Gasteiger charge is 2.17. The lowest BCUT2D eigenvalue weighted by atomic mass is 10.1. The number of halogens is 3. The number of allylic oxidation sites excluding steroid dienone is 1. The molecule has 2 aromatic rings. The minimum atomic E-state index is -1.69. The van der Waals surface area contributed by atoms with Crippen LogP contribution in [0.2, 0.25) is 5.02 Å². The summed E-state index contributed by atoms with van der Waals surface area (Å²) in [5.74, 6) is -0.559. The predicted octanol–water partition coefficient (Wildman–Crippen LogP) is 5.30. The molecule has 0 spiro atoms. The topological polar surface area (TPSA) is 17.1 Å². The SMILES string of the molecule is O=C(c1ccccc1)C(F)C=C(Br)c1ccc(Cl)cc1. The van der Waals surface area contributed by atoms with Crippen LogP contribution in [0.4, 0.5) is 4.39 Å².